The smallest absolute Gasteiger partial charge is 0.0796 e. The van der Waals surface area contributed by atoms with Crippen molar-refractivity contribution in [1.82, 2.24) is 0 Å². The van der Waals surface area contributed by atoms with Crippen molar-refractivity contribution in [2.75, 3.05) is 26.2 Å². The SMILES string of the molecule is NCC1C[NH2+]CC(CN)C1. The van der Waals surface area contributed by atoms with Gasteiger partial charge in [0.1, 0.15) is 0 Å². The van der Waals surface area contributed by atoms with Crippen LogP contribution >= 0.6 is 0 Å². The Hall–Kier alpha value is -0.120. The molecule has 2 unspecified atom stereocenters. The van der Waals surface area contributed by atoms with Crippen molar-refractivity contribution in [2.45, 2.75) is 6.42 Å². The van der Waals surface area contributed by atoms with E-state index < -0.39 is 0 Å². The topological polar surface area (TPSA) is 68.6 Å². The first-order valence-electron chi connectivity index (χ1n) is 4.08. The summed E-state index contributed by atoms with van der Waals surface area (Å²) in [5.41, 5.74) is 11.1. The Bertz CT molecular complexity index is 84.9. The van der Waals surface area contributed by atoms with E-state index in [9.17, 15) is 0 Å². The van der Waals surface area contributed by atoms with Crippen molar-refractivity contribution in [1.29, 1.82) is 0 Å². The largest absolute Gasteiger partial charge is 0.346 e. The molecule has 3 nitrogen and oxygen atoms in total. The lowest BCUT2D eigenvalue weighted by molar-refractivity contribution is -0.674. The summed E-state index contributed by atoms with van der Waals surface area (Å²) < 4.78 is 0. The molecular formula is C7H18N3+. The second kappa shape index (κ2) is 3.91. The number of nitrogens with two attached hydrogens (primary N) is 3. The first-order chi connectivity index (χ1) is 4.86. The zero-order valence-electron chi connectivity index (χ0n) is 6.42. The monoisotopic (exact) mass is 144 g/mol. The van der Waals surface area contributed by atoms with E-state index >= 15 is 0 Å². The van der Waals surface area contributed by atoms with Crippen LogP contribution in [-0.2, 0) is 0 Å². The van der Waals surface area contributed by atoms with Crippen molar-refractivity contribution in [3.63, 3.8) is 0 Å². The molecule has 3 heteroatoms. The first-order valence-corrected chi connectivity index (χ1v) is 4.08. The van der Waals surface area contributed by atoms with E-state index in [2.05, 4.69) is 5.32 Å². The highest BCUT2D eigenvalue weighted by atomic mass is 14.9. The molecule has 0 aromatic rings. The average Bonchev–Trinajstić information content (AvgIpc) is 2.05. The summed E-state index contributed by atoms with van der Waals surface area (Å²) in [4.78, 5) is 0. The molecule has 1 heterocycles. The predicted octanol–water partition coefficient (Wildman–Crippen LogP) is -1.90. The highest BCUT2D eigenvalue weighted by molar-refractivity contribution is 4.69. The van der Waals surface area contributed by atoms with Gasteiger partial charge >= 0.3 is 0 Å². The lowest BCUT2D eigenvalue weighted by Gasteiger charge is -2.25. The zero-order valence-corrected chi connectivity index (χ0v) is 6.42. The molecule has 10 heavy (non-hydrogen) atoms. The number of piperidine rings is 1. The molecule has 1 aliphatic rings. The van der Waals surface area contributed by atoms with Crippen LogP contribution in [0.25, 0.3) is 0 Å². The fraction of sp³-hybridized carbons (Fsp3) is 1.00. The minimum Gasteiger partial charge on any atom is -0.346 e. The van der Waals surface area contributed by atoms with Gasteiger partial charge < -0.3 is 16.8 Å². The molecule has 60 valence electrons. The average molecular weight is 144 g/mol. The Morgan fingerprint density at radius 3 is 2.00 bits per heavy atom. The molecule has 1 saturated heterocycles. The third-order valence-corrected chi connectivity index (χ3v) is 2.33. The van der Waals surface area contributed by atoms with Crippen LogP contribution in [0.15, 0.2) is 0 Å². The van der Waals surface area contributed by atoms with Gasteiger partial charge in [0.15, 0.2) is 0 Å². The molecule has 0 aliphatic carbocycles. The van der Waals surface area contributed by atoms with Gasteiger partial charge in [-0.1, -0.05) is 0 Å². The van der Waals surface area contributed by atoms with Crippen LogP contribution < -0.4 is 16.8 Å². The molecule has 0 radical (unpaired) electrons. The van der Waals surface area contributed by atoms with Gasteiger partial charge in [-0.15, -0.1) is 0 Å². The van der Waals surface area contributed by atoms with Crippen LogP contribution in [0.4, 0.5) is 0 Å². The van der Waals surface area contributed by atoms with Crippen molar-refractivity contribution in [3.05, 3.63) is 0 Å². The summed E-state index contributed by atoms with van der Waals surface area (Å²) in [5.74, 6) is 1.42. The summed E-state index contributed by atoms with van der Waals surface area (Å²) in [6.07, 6.45) is 1.24. The van der Waals surface area contributed by atoms with Gasteiger partial charge in [0.2, 0.25) is 0 Å². The number of hydrogen-bond donors (Lipinski definition) is 3. The first kappa shape index (κ1) is 7.98. The van der Waals surface area contributed by atoms with Crippen molar-refractivity contribution in [2.24, 2.45) is 23.3 Å². The summed E-state index contributed by atoms with van der Waals surface area (Å²) in [6, 6.07) is 0. The third kappa shape index (κ3) is 1.94. The van der Waals surface area contributed by atoms with Crippen molar-refractivity contribution < 1.29 is 5.32 Å². The van der Waals surface area contributed by atoms with Gasteiger partial charge in [-0.25, -0.2) is 0 Å². The van der Waals surface area contributed by atoms with Crippen LogP contribution in [0.1, 0.15) is 6.42 Å². The molecule has 0 aromatic heterocycles. The predicted molar refractivity (Wildman–Crippen MR) is 41.4 cm³/mol. The molecule has 1 rings (SSSR count). The molecule has 0 bridgehead atoms. The number of hydrogen-bond acceptors (Lipinski definition) is 2. The van der Waals surface area contributed by atoms with Gasteiger partial charge in [-0.05, 0) is 6.42 Å². The van der Waals surface area contributed by atoms with Crippen LogP contribution in [0.5, 0.6) is 0 Å². The molecule has 6 N–H and O–H groups in total. The standard InChI is InChI=1S/C7H17N3/c8-2-6-1-7(3-9)5-10-4-6/h6-7,10H,1-5,8-9H2/p+1. The van der Waals surface area contributed by atoms with Crippen molar-refractivity contribution in [3.8, 4) is 0 Å². The Morgan fingerprint density at radius 1 is 1.10 bits per heavy atom. The van der Waals surface area contributed by atoms with Crippen LogP contribution in [0.2, 0.25) is 0 Å². The number of rotatable bonds is 2. The minimum atomic E-state index is 0.710. The molecule has 0 amide bonds. The Kier molecular flexibility index (Phi) is 3.12. The van der Waals surface area contributed by atoms with Gasteiger partial charge in [0, 0.05) is 24.9 Å². The summed E-state index contributed by atoms with van der Waals surface area (Å²) in [6.45, 7) is 4.06. The molecular weight excluding hydrogens is 126 g/mol. The zero-order chi connectivity index (χ0) is 7.40. The Balaban J connectivity index is 2.25. The van der Waals surface area contributed by atoms with E-state index in [-0.39, 0.29) is 0 Å². The second-order valence-electron chi connectivity index (χ2n) is 3.20. The summed E-state index contributed by atoms with van der Waals surface area (Å²) in [7, 11) is 0. The maximum Gasteiger partial charge on any atom is 0.0796 e. The summed E-state index contributed by atoms with van der Waals surface area (Å²) >= 11 is 0. The maximum atomic E-state index is 5.56. The van der Waals surface area contributed by atoms with E-state index in [1.54, 1.807) is 0 Å². The summed E-state index contributed by atoms with van der Waals surface area (Å²) in [5, 5.41) is 2.33. The van der Waals surface area contributed by atoms with Gasteiger partial charge in [0.25, 0.3) is 0 Å². The molecule has 0 saturated carbocycles. The van der Waals surface area contributed by atoms with Crippen LogP contribution in [0.3, 0.4) is 0 Å². The fourth-order valence-corrected chi connectivity index (χ4v) is 1.62. The molecule has 0 aromatic carbocycles. The Labute approximate surface area is 62.2 Å². The van der Waals surface area contributed by atoms with E-state index in [0.29, 0.717) is 11.8 Å². The molecule has 1 aliphatic heterocycles. The van der Waals surface area contributed by atoms with E-state index in [1.807, 2.05) is 0 Å². The van der Waals surface area contributed by atoms with E-state index in [1.165, 1.54) is 19.5 Å². The van der Waals surface area contributed by atoms with E-state index in [4.69, 9.17) is 11.5 Å². The third-order valence-electron chi connectivity index (χ3n) is 2.33. The van der Waals surface area contributed by atoms with Crippen molar-refractivity contribution >= 4 is 0 Å². The second-order valence-corrected chi connectivity index (χ2v) is 3.20. The Morgan fingerprint density at radius 2 is 1.60 bits per heavy atom. The quantitative estimate of drug-likeness (QED) is 0.424. The highest BCUT2D eigenvalue weighted by Gasteiger charge is 2.21. The maximum absolute atomic E-state index is 5.56. The van der Waals surface area contributed by atoms with Gasteiger partial charge in [0.05, 0.1) is 13.1 Å². The molecule has 1 fully saturated rings. The van der Waals surface area contributed by atoms with Crippen LogP contribution in [0, 0.1) is 11.8 Å². The van der Waals surface area contributed by atoms with Crippen LogP contribution in [-0.4, -0.2) is 26.2 Å². The van der Waals surface area contributed by atoms with E-state index in [0.717, 1.165) is 13.1 Å². The lowest BCUT2D eigenvalue weighted by atomic mass is 9.91. The molecule has 0 spiro atoms. The van der Waals surface area contributed by atoms with Gasteiger partial charge in [-0.3, -0.25) is 0 Å². The molecule has 2 atom stereocenters. The fourth-order valence-electron chi connectivity index (χ4n) is 1.62. The lowest BCUT2D eigenvalue weighted by Crippen LogP contribution is -2.89. The number of quaternary nitrogens is 1. The minimum absolute atomic E-state index is 0.710. The van der Waals surface area contributed by atoms with Gasteiger partial charge in [-0.2, -0.15) is 0 Å². The highest BCUT2D eigenvalue weighted by Crippen LogP contribution is 2.09. The normalized spacial score (nSPS) is 34.2.